The van der Waals surface area contributed by atoms with Crippen LogP contribution in [0.5, 0.6) is 0 Å². The van der Waals surface area contributed by atoms with E-state index in [1.807, 2.05) is 13.8 Å². The van der Waals surface area contributed by atoms with Gasteiger partial charge in [0.25, 0.3) is 0 Å². The Bertz CT molecular complexity index is 231. The third-order valence-corrected chi connectivity index (χ3v) is 2.09. The highest BCUT2D eigenvalue weighted by Crippen LogP contribution is 2.09. The maximum Gasteiger partial charge on any atom is -0.0279 e. The van der Waals surface area contributed by atoms with Gasteiger partial charge in [-0.05, 0) is 30.2 Å². The lowest BCUT2D eigenvalue weighted by Crippen LogP contribution is -1.90. The molecule has 0 spiro atoms. The Morgan fingerprint density at radius 1 is 0.833 bits per heavy atom. The summed E-state index contributed by atoms with van der Waals surface area (Å²) in [6.45, 7) is 15.1. The van der Waals surface area contributed by atoms with Crippen molar-refractivity contribution in [3.05, 3.63) is 35.9 Å². The average Bonchev–Trinajstić information content (AvgIpc) is 2.32. The highest BCUT2D eigenvalue weighted by molar-refractivity contribution is 5.14. The molecule has 1 rings (SSSR count). The number of rotatable bonds is 4. The van der Waals surface area contributed by atoms with Crippen LogP contribution in [0, 0.1) is 11.8 Å². The molecule has 0 heterocycles. The fourth-order valence-corrected chi connectivity index (χ4v) is 1.36. The molecule has 0 aromatic heterocycles. The zero-order valence-corrected chi connectivity index (χ0v) is 13.7. The first-order chi connectivity index (χ1) is 8.52. The molecule has 0 amide bonds. The standard InChI is InChI=1S/C12H18.C4H10.C2H6/c1-11(2)7-6-10-12-8-4-3-5-9-12;1-4(2)3;1-2/h3-5,8-9,11H,6-7,10H2,1-2H3;4H,1-3H3;1-2H3. The molecule has 0 nitrogen and oxygen atoms in total. The van der Waals surface area contributed by atoms with E-state index < -0.39 is 0 Å². The summed E-state index contributed by atoms with van der Waals surface area (Å²) in [5.74, 6) is 1.67. The Kier molecular flexibility index (Phi) is 15.5. The van der Waals surface area contributed by atoms with Crippen molar-refractivity contribution in [2.45, 2.75) is 67.7 Å². The largest absolute Gasteiger partial charge is 0.0683 e. The molecule has 0 bridgehead atoms. The van der Waals surface area contributed by atoms with Crippen molar-refractivity contribution in [1.82, 2.24) is 0 Å². The number of aryl methyl sites for hydroxylation is 1. The highest BCUT2D eigenvalue weighted by Gasteiger charge is 1.94. The van der Waals surface area contributed by atoms with Crippen molar-refractivity contribution < 1.29 is 0 Å². The highest BCUT2D eigenvalue weighted by atomic mass is 14.0. The van der Waals surface area contributed by atoms with Gasteiger partial charge in [0, 0.05) is 0 Å². The summed E-state index contributed by atoms with van der Waals surface area (Å²) in [5.41, 5.74) is 1.47. The lowest BCUT2D eigenvalue weighted by atomic mass is 10.0. The average molecular weight is 250 g/mol. The Hall–Kier alpha value is -0.780. The van der Waals surface area contributed by atoms with Crippen molar-refractivity contribution in [2.75, 3.05) is 0 Å². The molecule has 1 aromatic carbocycles. The Morgan fingerprint density at radius 2 is 1.28 bits per heavy atom. The van der Waals surface area contributed by atoms with Gasteiger partial charge in [0.2, 0.25) is 0 Å². The third kappa shape index (κ3) is 17.6. The molecule has 0 aliphatic carbocycles. The normalized spacial score (nSPS) is 9.39. The molecule has 106 valence electrons. The SMILES string of the molecule is CC.CC(C)C.CC(C)CCCc1ccccc1. The van der Waals surface area contributed by atoms with Crippen LogP contribution in [0.4, 0.5) is 0 Å². The van der Waals surface area contributed by atoms with Crippen LogP contribution in [0.2, 0.25) is 0 Å². The quantitative estimate of drug-likeness (QED) is 0.583. The predicted octanol–water partition coefficient (Wildman–Crippen LogP) is 6.35. The van der Waals surface area contributed by atoms with E-state index in [2.05, 4.69) is 65.0 Å². The monoisotopic (exact) mass is 250 g/mol. The van der Waals surface area contributed by atoms with Crippen molar-refractivity contribution in [3.63, 3.8) is 0 Å². The van der Waals surface area contributed by atoms with Gasteiger partial charge < -0.3 is 0 Å². The molecule has 1 aromatic rings. The molecule has 0 fully saturated rings. The second-order valence-corrected chi connectivity index (χ2v) is 5.50. The predicted molar refractivity (Wildman–Crippen MR) is 86.1 cm³/mol. The first-order valence-electron chi connectivity index (χ1n) is 7.56. The van der Waals surface area contributed by atoms with Crippen molar-refractivity contribution in [1.29, 1.82) is 0 Å². The van der Waals surface area contributed by atoms with Crippen LogP contribution < -0.4 is 0 Å². The van der Waals surface area contributed by atoms with Gasteiger partial charge in [0.05, 0.1) is 0 Å². The summed E-state index contributed by atoms with van der Waals surface area (Å²) in [6.07, 6.45) is 3.90. The minimum absolute atomic E-state index is 0.833. The molecule has 0 atom stereocenters. The van der Waals surface area contributed by atoms with E-state index in [-0.39, 0.29) is 0 Å². The van der Waals surface area contributed by atoms with E-state index in [1.54, 1.807) is 0 Å². The fourth-order valence-electron chi connectivity index (χ4n) is 1.36. The van der Waals surface area contributed by atoms with Gasteiger partial charge in [-0.25, -0.2) is 0 Å². The van der Waals surface area contributed by atoms with E-state index in [9.17, 15) is 0 Å². The number of hydrogen-bond donors (Lipinski definition) is 0. The van der Waals surface area contributed by atoms with Crippen molar-refractivity contribution >= 4 is 0 Å². The molecule has 0 N–H and O–H groups in total. The smallest absolute Gasteiger partial charge is 0.0279 e. The van der Waals surface area contributed by atoms with Gasteiger partial charge in [-0.1, -0.05) is 85.2 Å². The second kappa shape index (κ2) is 14.3. The summed E-state index contributed by atoms with van der Waals surface area (Å²) >= 11 is 0. The van der Waals surface area contributed by atoms with Crippen molar-refractivity contribution in [3.8, 4) is 0 Å². The Labute approximate surface area is 116 Å². The number of benzene rings is 1. The van der Waals surface area contributed by atoms with E-state index >= 15 is 0 Å². The van der Waals surface area contributed by atoms with Gasteiger partial charge in [0.1, 0.15) is 0 Å². The van der Waals surface area contributed by atoms with E-state index in [0.29, 0.717) is 0 Å². The van der Waals surface area contributed by atoms with E-state index in [0.717, 1.165) is 11.8 Å². The summed E-state index contributed by atoms with van der Waals surface area (Å²) in [6, 6.07) is 10.7. The fraction of sp³-hybridized carbons (Fsp3) is 0.667. The van der Waals surface area contributed by atoms with Crippen LogP contribution in [0.25, 0.3) is 0 Å². The second-order valence-electron chi connectivity index (χ2n) is 5.50. The molecule has 0 unspecified atom stereocenters. The van der Waals surface area contributed by atoms with E-state index in [4.69, 9.17) is 0 Å². The van der Waals surface area contributed by atoms with Gasteiger partial charge >= 0.3 is 0 Å². The molecule has 18 heavy (non-hydrogen) atoms. The summed E-state index contributed by atoms with van der Waals surface area (Å²) in [5, 5.41) is 0. The maximum atomic E-state index is 2.28. The first-order valence-corrected chi connectivity index (χ1v) is 7.56. The first kappa shape index (κ1) is 19.6. The zero-order chi connectivity index (χ0) is 14.4. The molecule has 0 aliphatic heterocycles. The van der Waals surface area contributed by atoms with Crippen LogP contribution in [0.1, 0.15) is 66.9 Å². The topological polar surface area (TPSA) is 0 Å². The van der Waals surface area contributed by atoms with Gasteiger partial charge in [-0.3, -0.25) is 0 Å². The lowest BCUT2D eigenvalue weighted by Gasteiger charge is -2.03. The van der Waals surface area contributed by atoms with Crippen LogP contribution in [-0.4, -0.2) is 0 Å². The molecule has 0 heteroatoms. The molecular weight excluding hydrogens is 216 g/mol. The zero-order valence-electron chi connectivity index (χ0n) is 13.7. The Balaban J connectivity index is 0. The van der Waals surface area contributed by atoms with E-state index in [1.165, 1.54) is 24.8 Å². The van der Waals surface area contributed by atoms with Crippen LogP contribution >= 0.6 is 0 Å². The van der Waals surface area contributed by atoms with Gasteiger partial charge in [0.15, 0.2) is 0 Å². The summed E-state index contributed by atoms with van der Waals surface area (Å²) < 4.78 is 0. The van der Waals surface area contributed by atoms with Crippen molar-refractivity contribution in [2.24, 2.45) is 11.8 Å². The summed E-state index contributed by atoms with van der Waals surface area (Å²) in [4.78, 5) is 0. The minimum atomic E-state index is 0.833. The van der Waals surface area contributed by atoms with Crippen LogP contribution in [-0.2, 0) is 6.42 Å². The summed E-state index contributed by atoms with van der Waals surface area (Å²) in [7, 11) is 0. The molecule has 0 aliphatic rings. The molecule has 0 saturated heterocycles. The number of hydrogen-bond acceptors (Lipinski definition) is 0. The van der Waals surface area contributed by atoms with Gasteiger partial charge in [-0.15, -0.1) is 0 Å². The van der Waals surface area contributed by atoms with Crippen LogP contribution in [0.15, 0.2) is 30.3 Å². The maximum absolute atomic E-state index is 2.28. The lowest BCUT2D eigenvalue weighted by molar-refractivity contribution is 0.556. The molecular formula is C18H34. The minimum Gasteiger partial charge on any atom is -0.0683 e. The molecule has 0 saturated carbocycles. The third-order valence-electron chi connectivity index (χ3n) is 2.09. The molecule has 0 radical (unpaired) electrons. The van der Waals surface area contributed by atoms with Crippen LogP contribution in [0.3, 0.4) is 0 Å². The van der Waals surface area contributed by atoms with Gasteiger partial charge in [-0.2, -0.15) is 0 Å². The Morgan fingerprint density at radius 3 is 1.67 bits per heavy atom.